The van der Waals surface area contributed by atoms with Crippen molar-refractivity contribution in [3.8, 4) is 0 Å². The summed E-state index contributed by atoms with van der Waals surface area (Å²) in [6, 6.07) is 1.65. The average molecular weight is 347 g/mol. The highest BCUT2D eigenvalue weighted by Gasteiger charge is 2.18. The van der Waals surface area contributed by atoms with Crippen molar-refractivity contribution in [3.05, 3.63) is 34.2 Å². The Morgan fingerprint density at radius 3 is 3.00 bits per heavy atom. The first-order valence-electron chi connectivity index (χ1n) is 6.91. The van der Waals surface area contributed by atoms with Gasteiger partial charge in [0, 0.05) is 29.8 Å². The van der Waals surface area contributed by atoms with Gasteiger partial charge in [0.25, 0.3) is 0 Å². The molecule has 0 spiro atoms. The number of halogens is 2. The Morgan fingerprint density at radius 1 is 1.38 bits per heavy atom. The second kappa shape index (κ2) is 6.65. The predicted molar refractivity (Wildman–Crippen MR) is 85.5 cm³/mol. The molecule has 0 unspecified atom stereocenters. The Hall–Kier alpha value is -0.620. The SMILES string of the molecule is O=[S@@](Cc1cn2cc(Cl)cc(Cl)c2n1)C[C@H]1CCCCO1. The molecule has 21 heavy (non-hydrogen) atoms. The first-order valence-corrected chi connectivity index (χ1v) is 9.15. The number of aromatic nitrogens is 2. The summed E-state index contributed by atoms with van der Waals surface area (Å²) in [5.74, 6) is 0.984. The first kappa shape index (κ1) is 15.3. The lowest BCUT2D eigenvalue weighted by molar-refractivity contribution is 0.0310. The largest absolute Gasteiger partial charge is 0.377 e. The van der Waals surface area contributed by atoms with E-state index in [0.29, 0.717) is 27.2 Å². The van der Waals surface area contributed by atoms with Gasteiger partial charge in [-0.05, 0) is 25.3 Å². The number of ether oxygens (including phenoxy) is 1. The standard InChI is InChI=1S/C14H16Cl2N2O2S/c15-10-5-13(16)14-17-11(7-18(14)6-10)8-21(19)9-12-3-1-2-4-20-12/h5-7,12H,1-4,8-9H2/t12-,21+/m1/s1. The quantitative estimate of drug-likeness (QED) is 0.851. The molecule has 1 aliphatic rings. The second-order valence-corrected chi connectivity index (χ2v) is 7.55. The van der Waals surface area contributed by atoms with Gasteiger partial charge in [-0.1, -0.05) is 23.2 Å². The summed E-state index contributed by atoms with van der Waals surface area (Å²) in [6.07, 6.45) is 6.95. The summed E-state index contributed by atoms with van der Waals surface area (Å²) in [6.45, 7) is 0.782. The van der Waals surface area contributed by atoms with Crippen molar-refractivity contribution in [3.63, 3.8) is 0 Å². The maximum Gasteiger partial charge on any atom is 0.155 e. The number of pyridine rings is 1. The second-order valence-electron chi connectivity index (χ2n) is 5.21. The molecule has 1 fully saturated rings. The van der Waals surface area contributed by atoms with Crippen molar-refractivity contribution in [2.24, 2.45) is 0 Å². The molecule has 2 aromatic heterocycles. The molecule has 0 aromatic carbocycles. The maximum atomic E-state index is 12.2. The van der Waals surface area contributed by atoms with Crippen molar-refractivity contribution >= 4 is 39.6 Å². The fourth-order valence-electron chi connectivity index (χ4n) is 2.51. The van der Waals surface area contributed by atoms with Gasteiger partial charge in [-0.2, -0.15) is 0 Å². The van der Waals surface area contributed by atoms with Crippen molar-refractivity contribution in [2.45, 2.75) is 31.1 Å². The van der Waals surface area contributed by atoms with Crippen LogP contribution < -0.4 is 0 Å². The molecule has 1 saturated heterocycles. The molecule has 0 bridgehead atoms. The van der Waals surface area contributed by atoms with Crippen molar-refractivity contribution in [1.82, 2.24) is 9.38 Å². The zero-order chi connectivity index (χ0) is 14.8. The summed E-state index contributed by atoms with van der Waals surface area (Å²) in [7, 11) is -0.984. The van der Waals surface area contributed by atoms with Gasteiger partial charge in [-0.3, -0.25) is 4.21 Å². The van der Waals surface area contributed by atoms with Gasteiger partial charge in [0.2, 0.25) is 0 Å². The zero-order valence-electron chi connectivity index (χ0n) is 11.4. The third-order valence-electron chi connectivity index (χ3n) is 3.48. The van der Waals surface area contributed by atoms with Gasteiger partial charge in [-0.15, -0.1) is 0 Å². The molecule has 0 N–H and O–H groups in total. The minimum absolute atomic E-state index is 0.120. The number of rotatable bonds is 4. The lowest BCUT2D eigenvalue weighted by Gasteiger charge is -2.21. The summed E-state index contributed by atoms with van der Waals surface area (Å²) in [4.78, 5) is 4.42. The maximum absolute atomic E-state index is 12.2. The third kappa shape index (κ3) is 3.77. The van der Waals surface area contributed by atoms with Crippen LogP contribution in [0.4, 0.5) is 0 Å². The summed E-state index contributed by atoms with van der Waals surface area (Å²) in [5, 5.41) is 1.04. The topological polar surface area (TPSA) is 43.6 Å². The van der Waals surface area contributed by atoms with Gasteiger partial charge >= 0.3 is 0 Å². The summed E-state index contributed by atoms with van der Waals surface area (Å²) < 4.78 is 19.6. The Bertz CT molecular complexity index is 668. The highest BCUT2D eigenvalue weighted by atomic mass is 35.5. The molecule has 3 rings (SSSR count). The van der Waals surface area contributed by atoms with Gasteiger partial charge in [0.15, 0.2) is 5.65 Å². The van der Waals surface area contributed by atoms with Crippen LogP contribution in [0.15, 0.2) is 18.5 Å². The van der Waals surface area contributed by atoms with Crippen molar-refractivity contribution in [1.29, 1.82) is 0 Å². The highest BCUT2D eigenvalue weighted by molar-refractivity contribution is 7.84. The molecule has 0 radical (unpaired) electrons. The molecular formula is C14H16Cl2N2O2S. The Kier molecular flexibility index (Phi) is 4.84. The number of hydrogen-bond acceptors (Lipinski definition) is 3. The zero-order valence-corrected chi connectivity index (χ0v) is 13.8. The number of fused-ring (bicyclic) bond motifs is 1. The predicted octanol–water partition coefficient (Wildman–Crippen LogP) is 3.46. The molecule has 114 valence electrons. The highest BCUT2D eigenvalue weighted by Crippen LogP contribution is 2.22. The van der Waals surface area contributed by atoms with Crippen molar-refractivity contribution < 1.29 is 8.95 Å². The molecular weight excluding hydrogens is 331 g/mol. The summed E-state index contributed by atoms with van der Waals surface area (Å²) >= 11 is 12.1. The van der Waals surface area contributed by atoms with Gasteiger partial charge in [0.1, 0.15) is 0 Å². The molecule has 3 heterocycles. The third-order valence-corrected chi connectivity index (χ3v) is 5.32. The molecule has 1 aliphatic heterocycles. The van der Waals surface area contributed by atoms with Crippen molar-refractivity contribution in [2.75, 3.05) is 12.4 Å². The Morgan fingerprint density at radius 2 is 2.24 bits per heavy atom. The van der Waals surface area contributed by atoms with Gasteiger partial charge < -0.3 is 9.14 Å². The lowest BCUT2D eigenvalue weighted by Crippen LogP contribution is -2.25. The molecule has 7 heteroatoms. The Labute approximate surface area is 135 Å². The van der Waals surface area contributed by atoms with E-state index in [1.807, 2.05) is 6.20 Å². The van der Waals surface area contributed by atoms with Crippen LogP contribution in [-0.2, 0) is 21.3 Å². The molecule has 0 aliphatic carbocycles. The molecule has 4 nitrogen and oxygen atoms in total. The molecule has 0 amide bonds. The minimum Gasteiger partial charge on any atom is -0.377 e. The Balaban J connectivity index is 1.69. The van der Waals surface area contributed by atoms with E-state index in [9.17, 15) is 4.21 Å². The minimum atomic E-state index is -0.984. The summed E-state index contributed by atoms with van der Waals surface area (Å²) in [5.41, 5.74) is 1.40. The fourth-order valence-corrected chi connectivity index (χ4v) is 4.31. The smallest absolute Gasteiger partial charge is 0.155 e. The normalized spacial score (nSPS) is 20.8. The molecule has 2 aromatic rings. The van der Waals surface area contributed by atoms with Crippen LogP contribution in [-0.4, -0.2) is 32.1 Å². The lowest BCUT2D eigenvalue weighted by atomic mass is 10.1. The molecule has 2 atom stereocenters. The van der Waals surface area contributed by atoms with Crippen LogP contribution >= 0.6 is 23.2 Å². The number of hydrogen-bond donors (Lipinski definition) is 0. The van der Waals surface area contributed by atoms with E-state index in [1.54, 1.807) is 16.7 Å². The van der Waals surface area contributed by atoms with Crippen LogP contribution in [0, 0.1) is 0 Å². The van der Waals surface area contributed by atoms with E-state index in [4.69, 9.17) is 27.9 Å². The van der Waals surface area contributed by atoms with Crippen LogP contribution in [0.3, 0.4) is 0 Å². The van der Waals surface area contributed by atoms with E-state index >= 15 is 0 Å². The van der Waals surface area contributed by atoms with Gasteiger partial charge in [-0.25, -0.2) is 4.98 Å². The van der Waals surface area contributed by atoms with Crippen LogP contribution in [0.5, 0.6) is 0 Å². The average Bonchev–Trinajstić information content (AvgIpc) is 2.82. The molecule has 0 saturated carbocycles. The van der Waals surface area contributed by atoms with E-state index in [-0.39, 0.29) is 6.10 Å². The van der Waals surface area contributed by atoms with E-state index in [1.165, 1.54) is 0 Å². The van der Waals surface area contributed by atoms with E-state index < -0.39 is 10.8 Å². The van der Waals surface area contributed by atoms with Gasteiger partial charge in [0.05, 0.1) is 33.3 Å². The number of imidazole rings is 1. The monoisotopic (exact) mass is 346 g/mol. The van der Waals surface area contributed by atoms with Crippen LogP contribution in [0.1, 0.15) is 25.0 Å². The fraction of sp³-hybridized carbons (Fsp3) is 0.500. The van der Waals surface area contributed by atoms with E-state index in [0.717, 1.165) is 31.6 Å². The van der Waals surface area contributed by atoms with E-state index in [2.05, 4.69) is 4.98 Å². The van der Waals surface area contributed by atoms with Crippen LogP contribution in [0.25, 0.3) is 5.65 Å². The first-order chi connectivity index (χ1) is 10.1. The van der Waals surface area contributed by atoms with Crippen LogP contribution in [0.2, 0.25) is 10.0 Å². The number of nitrogens with zero attached hydrogens (tertiary/aromatic N) is 2.